The number of hydrogen-bond acceptors (Lipinski definition) is 4. The Morgan fingerprint density at radius 2 is 1.67 bits per heavy atom. The van der Waals surface area contributed by atoms with Gasteiger partial charge in [-0.25, -0.2) is 13.0 Å². The maximum atomic E-state index is 14.2. The fourth-order valence-electron chi connectivity index (χ4n) is 6.27. The fraction of sp³-hybridized carbons (Fsp3) is 0.306. The van der Waals surface area contributed by atoms with Crippen molar-refractivity contribution in [1.29, 1.82) is 0 Å². The second-order valence-electron chi connectivity index (χ2n) is 11.9. The number of halogens is 2. The van der Waals surface area contributed by atoms with E-state index in [1.807, 2.05) is 30.3 Å². The summed E-state index contributed by atoms with van der Waals surface area (Å²) in [7, 11) is -2.15. The monoisotopic (exact) mass is 629 g/mol. The second-order valence-corrected chi connectivity index (χ2v) is 13.1. The quantitative estimate of drug-likeness (QED) is 0.209. The van der Waals surface area contributed by atoms with Crippen molar-refractivity contribution >= 4 is 28.3 Å². The average molecular weight is 630 g/mol. The van der Waals surface area contributed by atoms with E-state index in [0.717, 1.165) is 61.5 Å². The van der Waals surface area contributed by atoms with E-state index in [1.165, 1.54) is 11.6 Å². The molecule has 234 valence electrons. The van der Waals surface area contributed by atoms with E-state index in [4.69, 9.17) is 4.74 Å². The minimum atomic E-state index is -2.15. The van der Waals surface area contributed by atoms with E-state index >= 15 is 0 Å². The van der Waals surface area contributed by atoms with Crippen LogP contribution < -0.4 is 14.4 Å². The number of anilines is 2. The molecule has 4 aromatic carbocycles. The van der Waals surface area contributed by atoms with Gasteiger partial charge in [0.1, 0.15) is 22.3 Å². The Kier molecular flexibility index (Phi) is 9.28. The van der Waals surface area contributed by atoms with Gasteiger partial charge in [-0.1, -0.05) is 42.5 Å². The van der Waals surface area contributed by atoms with Crippen LogP contribution in [0.5, 0.6) is 5.75 Å². The molecule has 0 spiro atoms. The van der Waals surface area contributed by atoms with Crippen molar-refractivity contribution < 1.29 is 22.5 Å². The van der Waals surface area contributed by atoms with Gasteiger partial charge in [-0.15, -0.1) is 0 Å². The lowest BCUT2D eigenvalue weighted by Gasteiger charge is -2.33. The first kappa shape index (κ1) is 30.9. The standard InChI is InChI=1S/C36H37F2N3O3S/c1-24(2)44-34-12-4-3-9-30(34)26-15-18-40(19-16-26)23-25-7-5-8-28(21-25)36(42)41-20-17-27-13-14-29(22-33(27)41)39-45(43)35-31(37)10-6-11-32(35)38/h3-14,21-22,24,26,39H,15-20,23H2,1-2H3. The fourth-order valence-corrected chi connectivity index (χ4v) is 7.20. The molecule has 1 amide bonds. The number of rotatable bonds is 9. The third-order valence-electron chi connectivity index (χ3n) is 8.43. The van der Waals surface area contributed by atoms with Crippen LogP contribution in [-0.2, 0) is 24.0 Å². The van der Waals surface area contributed by atoms with E-state index in [-0.39, 0.29) is 12.0 Å². The van der Waals surface area contributed by atoms with Crippen LogP contribution in [0.15, 0.2) is 89.8 Å². The van der Waals surface area contributed by atoms with Gasteiger partial charge in [-0.3, -0.25) is 9.69 Å². The van der Waals surface area contributed by atoms with Crippen LogP contribution in [0.25, 0.3) is 0 Å². The Labute approximate surface area is 265 Å². The molecule has 45 heavy (non-hydrogen) atoms. The van der Waals surface area contributed by atoms with Gasteiger partial charge >= 0.3 is 0 Å². The summed E-state index contributed by atoms with van der Waals surface area (Å²) in [5, 5.41) is 0. The van der Waals surface area contributed by atoms with Crippen molar-refractivity contribution in [3.63, 3.8) is 0 Å². The summed E-state index contributed by atoms with van der Waals surface area (Å²) < 4.78 is 49.9. The van der Waals surface area contributed by atoms with E-state index in [1.54, 1.807) is 17.0 Å². The molecule has 6 rings (SSSR count). The Morgan fingerprint density at radius 3 is 2.42 bits per heavy atom. The number of carbonyl (C=O) groups excluding carboxylic acids is 1. The van der Waals surface area contributed by atoms with E-state index in [9.17, 15) is 17.8 Å². The number of carbonyl (C=O) groups is 1. The molecule has 2 aliphatic rings. The van der Waals surface area contributed by atoms with E-state index < -0.39 is 27.5 Å². The number of para-hydroxylation sites is 1. The van der Waals surface area contributed by atoms with Crippen molar-refractivity contribution in [2.24, 2.45) is 0 Å². The van der Waals surface area contributed by atoms with Gasteiger partial charge in [0.05, 0.1) is 6.10 Å². The highest BCUT2D eigenvalue weighted by molar-refractivity contribution is 7.86. The van der Waals surface area contributed by atoms with Crippen LogP contribution in [0.2, 0.25) is 0 Å². The summed E-state index contributed by atoms with van der Waals surface area (Å²) in [5.74, 6) is -0.443. The number of ether oxygens (including phenoxy) is 1. The highest BCUT2D eigenvalue weighted by atomic mass is 32.2. The van der Waals surface area contributed by atoms with Crippen LogP contribution in [0.4, 0.5) is 20.2 Å². The number of amides is 1. The predicted molar refractivity (Wildman–Crippen MR) is 174 cm³/mol. The zero-order valence-corrected chi connectivity index (χ0v) is 26.3. The van der Waals surface area contributed by atoms with Crippen LogP contribution in [0.1, 0.15) is 59.7 Å². The highest BCUT2D eigenvalue weighted by Crippen LogP contribution is 2.36. The van der Waals surface area contributed by atoms with Crippen LogP contribution in [-0.4, -0.2) is 40.8 Å². The summed E-state index contributed by atoms with van der Waals surface area (Å²) in [6.07, 6.45) is 2.92. The smallest absolute Gasteiger partial charge is 0.258 e. The molecule has 0 radical (unpaired) electrons. The van der Waals surface area contributed by atoms with Crippen molar-refractivity contribution in [2.45, 2.75) is 56.6 Å². The Hall–Kier alpha value is -4.08. The van der Waals surface area contributed by atoms with Gasteiger partial charge in [0.15, 0.2) is 11.0 Å². The molecule has 4 aromatic rings. The van der Waals surface area contributed by atoms with Gasteiger partial charge in [-0.05, 0) is 111 Å². The summed E-state index contributed by atoms with van der Waals surface area (Å²) >= 11 is 0. The van der Waals surface area contributed by atoms with Gasteiger partial charge in [0.2, 0.25) is 0 Å². The van der Waals surface area contributed by atoms with Gasteiger partial charge in [0, 0.05) is 30.0 Å². The summed E-state index contributed by atoms with van der Waals surface area (Å²) in [6, 6.07) is 24.8. The third kappa shape index (κ3) is 6.94. The lowest BCUT2D eigenvalue weighted by Crippen LogP contribution is -2.33. The molecule has 0 aromatic heterocycles. The molecular formula is C36H37F2N3O3S. The molecule has 1 atom stereocenters. The van der Waals surface area contributed by atoms with E-state index in [0.29, 0.717) is 35.8 Å². The SMILES string of the molecule is CC(C)Oc1ccccc1C1CCN(Cc2cccc(C(=O)N3CCc4ccc(NS(=O)c5c(F)cccc5F)cc43)c2)CC1. The number of fused-ring (bicyclic) bond motifs is 1. The number of likely N-dealkylation sites (tertiary alicyclic amines) is 1. The van der Waals surface area contributed by atoms with Crippen LogP contribution in [0.3, 0.4) is 0 Å². The van der Waals surface area contributed by atoms with Crippen LogP contribution in [0, 0.1) is 11.6 Å². The largest absolute Gasteiger partial charge is 0.491 e. The molecule has 2 aliphatic heterocycles. The lowest BCUT2D eigenvalue weighted by molar-refractivity contribution is 0.0989. The minimum Gasteiger partial charge on any atom is -0.491 e. The molecular weight excluding hydrogens is 592 g/mol. The molecule has 6 nitrogen and oxygen atoms in total. The van der Waals surface area contributed by atoms with Crippen LogP contribution >= 0.6 is 0 Å². The van der Waals surface area contributed by atoms with Crippen molar-refractivity contribution in [1.82, 2.24) is 4.90 Å². The third-order valence-corrected chi connectivity index (χ3v) is 9.61. The molecule has 0 aliphatic carbocycles. The summed E-state index contributed by atoms with van der Waals surface area (Å²) in [5.41, 5.74) is 5.06. The lowest BCUT2D eigenvalue weighted by atomic mass is 9.88. The van der Waals surface area contributed by atoms with Crippen molar-refractivity contribution in [3.8, 4) is 5.75 Å². The maximum absolute atomic E-state index is 14.2. The zero-order valence-electron chi connectivity index (χ0n) is 25.5. The molecule has 9 heteroatoms. The zero-order chi connectivity index (χ0) is 31.5. The van der Waals surface area contributed by atoms with Gasteiger partial charge < -0.3 is 14.4 Å². The average Bonchev–Trinajstić information content (AvgIpc) is 3.44. The number of nitrogens with zero attached hydrogens (tertiary/aromatic N) is 2. The van der Waals surface area contributed by atoms with Gasteiger partial charge in [-0.2, -0.15) is 0 Å². The molecule has 0 bridgehead atoms. The Bertz CT molecular complexity index is 1700. The van der Waals surface area contributed by atoms with Crippen molar-refractivity contribution in [3.05, 3.63) is 119 Å². The first-order chi connectivity index (χ1) is 21.8. The first-order valence-corrected chi connectivity index (χ1v) is 16.6. The summed E-state index contributed by atoms with van der Waals surface area (Å²) in [6.45, 7) is 7.32. The molecule has 0 saturated carbocycles. The topological polar surface area (TPSA) is 61.9 Å². The predicted octanol–water partition coefficient (Wildman–Crippen LogP) is 7.47. The second kappa shape index (κ2) is 13.5. The molecule has 1 N–H and O–H groups in total. The number of nitrogens with one attached hydrogen (secondary N) is 1. The molecule has 1 saturated heterocycles. The number of piperidine rings is 1. The number of benzene rings is 4. The maximum Gasteiger partial charge on any atom is 0.258 e. The summed E-state index contributed by atoms with van der Waals surface area (Å²) in [4.78, 5) is 17.4. The Morgan fingerprint density at radius 1 is 0.933 bits per heavy atom. The first-order valence-electron chi connectivity index (χ1n) is 15.4. The highest BCUT2D eigenvalue weighted by Gasteiger charge is 2.28. The molecule has 1 unspecified atom stereocenters. The minimum absolute atomic E-state index is 0.116. The van der Waals surface area contributed by atoms with E-state index in [2.05, 4.69) is 47.7 Å². The Balaban J connectivity index is 1.11. The molecule has 2 heterocycles. The number of hydrogen-bond donors (Lipinski definition) is 1. The normalized spacial score (nSPS) is 16.1. The van der Waals surface area contributed by atoms with Crippen molar-refractivity contribution in [2.75, 3.05) is 29.3 Å². The van der Waals surface area contributed by atoms with Gasteiger partial charge in [0.25, 0.3) is 5.91 Å². The molecule has 1 fully saturated rings.